The van der Waals surface area contributed by atoms with Crippen LogP contribution in [0.25, 0.3) is 0 Å². The second-order valence-electron chi connectivity index (χ2n) is 3.99. The van der Waals surface area contributed by atoms with Crippen molar-refractivity contribution in [3.63, 3.8) is 0 Å². The molecule has 1 aromatic carbocycles. The lowest BCUT2D eigenvalue weighted by atomic mass is 10.2. The van der Waals surface area contributed by atoms with E-state index in [0.29, 0.717) is 0 Å². The average Bonchev–Trinajstić information content (AvgIpc) is 2.38. The lowest BCUT2D eigenvalue weighted by Crippen LogP contribution is -2.20. The highest BCUT2D eigenvalue weighted by Crippen LogP contribution is 2.12. The second-order valence-corrected chi connectivity index (χ2v) is 5.09. The van der Waals surface area contributed by atoms with Gasteiger partial charge in [0.1, 0.15) is 0 Å². The normalized spacial score (nSPS) is 10.6. The van der Waals surface area contributed by atoms with Crippen molar-refractivity contribution in [3.8, 4) is 0 Å². The van der Waals surface area contributed by atoms with Crippen LogP contribution in [0.2, 0.25) is 0 Å². The lowest BCUT2D eigenvalue weighted by Gasteiger charge is -2.04. The number of rotatable bonds is 10. The minimum Gasteiger partial charge on any atom is -0.383 e. The van der Waals surface area contributed by atoms with Crippen LogP contribution in [0.1, 0.15) is 18.4 Å². The topological polar surface area (TPSA) is 21.3 Å². The highest BCUT2D eigenvalue weighted by molar-refractivity contribution is 7.98. The summed E-state index contributed by atoms with van der Waals surface area (Å²) in [5.41, 5.74) is 1.43. The Morgan fingerprint density at radius 1 is 1.12 bits per heavy atom. The van der Waals surface area contributed by atoms with Gasteiger partial charge in [-0.15, -0.1) is 0 Å². The van der Waals surface area contributed by atoms with E-state index in [1.54, 1.807) is 7.11 Å². The zero-order valence-electron chi connectivity index (χ0n) is 10.7. The van der Waals surface area contributed by atoms with Gasteiger partial charge in [-0.1, -0.05) is 30.3 Å². The van der Waals surface area contributed by atoms with Gasteiger partial charge < -0.3 is 10.1 Å². The van der Waals surface area contributed by atoms with Crippen molar-refractivity contribution in [2.75, 3.05) is 32.6 Å². The summed E-state index contributed by atoms with van der Waals surface area (Å²) >= 11 is 2.02. The van der Waals surface area contributed by atoms with E-state index in [4.69, 9.17) is 4.74 Å². The molecule has 0 heterocycles. The smallest absolute Gasteiger partial charge is 0.0587 e. The van der Waals surface area contributed by atoms with E-state index >= 15 is 0 Å². The van der Waals surface area contributed by atoms with Crippen LogP contribution < -0.4 is 5.32 Å². The summed E-state index contributed by atoms with van der Waals surface area (Å²) in [6.07, 6.45) is 2.54. The zero-order chi connectivity index (χ0) is 12.2. The molecule has 0 aliphatic carbocycles. The van der Waals surface area contributed by atoms with Gasteiger partial charge in [0.05, 0.1) is 6.61 Å². The van der Waals surface area contributed by atoms with Crippen molar-refractivity contribution in [1.29, 1.82) is 0 Å². The Morgan fingerprint density at radius 2 is 1.94 bits per heavy atom. The third-order valence-corrected chi connectivity index (χ3v) is 3.60. The van der Waals surface area contributed by atoms with Crippen LogP contribution in [0.15, 0.2) is 30.3 Å². The average molecular weight is 253 g/mol. The molecule has 1 N–H and O–H groups in total. The van der Waals surface area contributed by atoms with Gasteiger partial charge in [0.25, 0.3) is 0 Å². The Bertz CT molecular complexity index is 266. The highest BCUT2D eigenvalue weighted by atomic mass is 32.2. The van der Waals surface area contributed by atoms with Crippen LogP contribution in [-0.2, 0) is 10.5 Å². The molecule has 0 saturated heterocycles. The Balaban J connectivity index is 1.85. The summed E-state index contributed by atoms with van der Waals surface area (Å²) in [5.74, 6) is 2.39. The van der Waals surface area contributed by atoms with Crippen molar-refractivity contribution in [2.45, 2.75) is 18.6 Å². The molecule has 0 radical (unpaired) electrons. The largest absolute Gasteiger partial charge is 0.383 e. The van der Waals surface area contributed by atoms with E-state index in [2.05, 4.69) is 35.6 Å². The second kappa shape index (κ2) is 10.6. The Morgan fingerprint density at radius 3 is 2.71 bits per heavy atom. The molecule has 0 amide bonds. The first-order valence-electron chi connectivity index (χ1n) is 6.25. The third kappa shape index (κ3) is 8.25. The molecule has 0 bridgehead atoms. The Labute approximate surface area is 109 Å². The molecule has 0 atom stereocenters. The van der Waals surface area contributed by atoms with Crippen molar-refractivity contribution in [2.24, 2.45) is 0 Å². The fourth-order valence-corrected chi connectivity index (χ4v) is 2.50. The summed E-state index contributed by atoms with van der Waals surface area (Å²) in [7, 11) is 1.74. The molecule has 1 rings (SSSR count). The van der Waals surface area contributed by atoms with Crippen molar-refractivity contribution in [1.82, 2.24) is 5.32 Å². The monoisotopic (exact) mass is 253 g/mol. The van der Waals surface area contributed by atoms with E-state index in [0.717, 1.165) is 25.4 Å². The SMILES string of the molecule is COCCNCCCCSCc1ccccc1. The van der Waals surface area contributed by atoms with E-state index in [1.807, 2.05) is 11.8 Å². The molecule has 96 valence electrons. The fraction of sp³-hybridized carbons (Fsp3) is 0.571. The first-order chi connectivity index (χ1) is 8.43. The van der Waals surface area contributed by atoms with Gasteiger partial charge in [0.2, 0.25) is 0 Å². The summed E-state index contributed by atoms with van der Waals surface area (Å²) in [4.78, 5) is 0. The van der Waals surface area contributed by atoms with Crippen molar-refractivity contribution < 1.29 is 4.74 Å². The number of thioether (sulfide) groups is 1. The number of nitrogens with one attached hydrogen (secondary N) is 1. The molecular formula is C14H23NOS. The number of ether oxygens (including phenoxy) is 1. The number of hydrogen-bond donors (Lipinski definition) is 1. The summed E-state index contributed by atoms with van der Waals surface area (Å²) < 4.78 is 4.97. The van der Waals surface area contributed by atoms with Gasteiger partial charge in [0, 0.05) is 19.4 Å². The van der Waals surface area contributed by atoms with E-state index in [1.165, 1.54) is 24.2 Å². The molecule has 3 heteroatoms. The van der Waals surface area contributed by atoms with Crippen LogP contribution in [-0.4, -0.2) is 32.6 Å². The van der Waals surface area contributed by atoms with Gasteiger partial charge in [-0.2, -0.15) is 11.8 Å². The fourth-order valence-electron chi connectivity index (χ4n) is 1.52. The maximum absolute atomic E-state index is 4.97. The third-order valence-electron chi connectivity index (χ3n) is 2.49. The van der Waals surface area contributed by atoms with E-state index in [-0.39, 0.29) is 0 Å². The molecule has 0 spiro atoms. The Hall–Kier alpha value is -0.510. The number of unbranched alkanes of at least 4 members (excludes halogenated alkanes) is 1. The molecule has 0 saturated carbocycles. The highest BCUT2D eigenvalue weighted by Gasteiger charge is 1.93. The van der Waals surface area contributed by atoms with Crippen LogP contribution in [0.3, 0.4) is 0 Å². The zero-order valence-corrected chi connectivity index (χ0v) is 11.5. The molecule has 0 aliphatic heterocycles. The van der Waals surface area contributed by atoms with Gasteiger partial charge >= 0.3 is 0 Å². The Kier molecular flexibility index (Phi) is 9.10. The predicted octanol–water partition coefficient (Wildman–Crippen LogP) is 2.94. The summed E-state index contributed by atoms with van der Waals surface area (Å²) in [6.45, 7) is 2.88. The molecule has 0 aromatic heterocycles. The minimum atomic E-state index is 0.808. The maximum atomic E-state index is 4.97. The predicted molar refractivity (Wildman–Crippen MR) is 76.6 cm³/mol. The molecule has 0 unspecified atom stereocenters. The van der Waals surface area contributed by atoms with Crippen LogP contribution in [0.4, 0.5) is 0 Å². The van der Waals surface area contributed by atoms with Crippen LogP contribution in [0, 0.1) is 0 Å². The molecule has 17 heavy (non-hydrogen) atoms. The maximum Gasteiger partial charge on any atom is 0.0587 e. The minimum absolute atomic E-state index is 0.808. The van der Waals surface area contributed by atoms with E-state index in [9.17, 15) is 0 Å². The molecule has 2 nitrogen and oxygen atoms in total. The lowest BCUT2D eigenvalue weighted by molar-refractivity contribution is 0.199. The van der Waals surface area contributed by atoms with E-state index < -0.39 is 0 Å². The number of benzene rings is 1. The standard InChI is InChI=1S/C14H23NOS/c1-16-11-10-15-9-5-6-12-17-13-14-7-3-2-4-8-14/h2-4,7-8,15H,5-6,9-13H2,1H3. The summed E-state index contributed by atoms with van der Waals surface area (Å²) in [5, 5.41) is 3.36. The van der Waals surface area contributed by atoms with Gasteiger partial charge in [0.15, 0.2) is 0 Å². The summed E-state index contributed by atoms with van der Waals surface area (Å²) in [6, 6.07) is 10.7. The molecule has 0 aliphatic rings. The van der Waals surface area contributed by atoms with Gasteiger partial charge in [-0.05, 0) is 30.7 Å². The molecule has 0 fully saturated rings. The van der Waals surface area contributed by atoms with Crippen LogP contribution in [0.5, 0.6) is 0 Å². The number of methoxy groups -OCH3 is 1. The van der Waals surface area contributed by atoms with Gasteiger partial charge in [-0.3, -0.25) is 0 Å². The quantitative estimate of drug-likeness (QED) is 0.648. The number of hydrogen-bond acceptors (Lipinski definition) is 3. The van der Waals surface area contributed by atoms with Crippen molar-refractivity contribution >= 4 is 11.8 Å². The first kappa shape index (κ1) is 14.6. The van der Waals surface area contributed by atoms with Gasteiger partial charge in [-0.25, -0.2) is 0 Å². The van der Waals surface area contributed by atoms with Crippen molar-refractivity contribution in [3.05, 3.63) is 35.9 Å². The molecular weight excluding hydrogens is 230 g/mol. The molecule has 1 aromatic rings. The first-order valence-corrected chi connectivity index (χ1v) is 7.40. The van der Waals surface area contributed by atoms with Crippen LogP contribution >= 0.6 is 11.8 Å².